The molecule has 0 aromatic heterocycles. The maximum atomic E-state index is 8.87. The van der Waals surface area contributed by atoms with Crippen molar-refractivity contribution < 1.29 is 11.2 Å². The van der Waals surface area contributed by atoms with Gasteiger partial charge < -0.3 is 9.84 Å². The molecule has 72 valence electrons. The Morgan fingerprint density at radius 3 is 3.00 bits per heavy atom. The van der Waals surface area contributed by atoms with Crippen molar-refractivity contribution in [3.63, 3.8) is 0 Å². The zero-order valence-corrected chi connectivity index (χ0v) is 9.53. The van der Waals surface area contributed by atoms with Gasteiger partial charge in [-0.15, -0.1) is 0 Å². The summed E-state index contributed by atoms with van der Waals surface area (Å²) in [5.41, 5.74) is 0. The van der Waals surface area contributed by atoms with Gasteiger partial charge in [0.1, 0.15) is 0 Å². The van der Waals surface area contributed by atoms with Crippen molar-refractivity contribution in [3.8, 4) is 0 Å². The lowest BCUT2D eigenvalue weighted by Crippen LogP contribution is -2.27. The minimum Gasteiger partial charge on any atom is -0.396 e. The molecule has 1 saturated heterocycles. The Bertz CT molecular complexity index is 157. The number of rotatable bonds is 4. The highest BCUT2D eigenvalue weighted by Crippen LogP contribution is 2.29. The molecule has 0 aromatic carbocycles. The van der Waals surface area contributed by atoms with E-state index in [4.69, 9.17) is 11.2 Å². The predicted octanol–water partition coefficient (Wildman–Crippen LogP) is 1.85. The Kier molecular flexibility index (Phi) is 4.14. The lowest BCUT2D eigenvalue weighted by Gasteiger charge is -2.23. The van der Waals surface area contributed by atoms with Crippen LogP contribution in [0.4, 0.5) is 0 Å². The average molecular weight is 286 g/mol. The minimum atomic E-state index is -0.343. The molecule has 1 rings (SSSR count). The summed E-state index contributed by atoms with van der Waals surface area (Å²) < 4.78 is 14.0. The monoisotopic (exact) mass is 286 g/mol. The molecule has 0 saturated carbocycles. The van der Waals surface area contributed by atoms with Crippen molar-refractivity contribution in [2.45, 2.75) is 25.9 Å². The van der Waals surface area contributed by atoms with Crippen LogP contribution in [-0.4, -0.2) is 28.8 Å². The highest BCUT2D eigenvalue weighted by Gasteiger charge is 2.30. The second-order valence-electron chi connectivity index (χ2n) is 3.41. The number of aliphatic hydroxyl groups is 1. The van der Waals surface area contributed by atoms with Crippen LogP contribution in [-0.2, 0) is 4.74 Å². The van der Waals surface area contributed by atoms with Gasteiger partial charge >= 0.3 is 0 Å². The predicted molar refractivity (Wildman–Crippen MR) is 57.6 cm³/mol. The summed E-state index contributed by atoms with van der Waals surface area (Å²) in [5, 5.41) is 8.87. The van der Waals surface area contributed by atoms with Gasteiger partial charge in [0.25, 0.3) is 0 Å². The zero-order valence-electron chi connectivity index (χ0n) is 8.37. The van der Waals surface area contributed by atoms with E-state index in [0.717, 1.165) is 17.3 Å². The molecule has 1 fully saturated rings. The largest absolute Gasteiger partial charge is 0.396 e. The number of alkyl halides is 1. The van der Waals surface area contributed by atoms with Crippen LogP contribution < -0.4 is 0 Å². The van der Waals surface area contributed by atoms with Crippen molar-refractivity contribution in [1.29, 1.82) is 0 Å². The topological polar surface area (TPSA) is 29.5 Å². The molecule has 0 spiro atoms. The van der Waals surface area contributed by atoms with E-state index in [9.17, 15) is 0 Å². The summed E-state index contributed by atoms with van der Waals surface area (Å²) >= 11 is 2.33. The number of halogens is 1. The summed E-state index contributed by atoms with van der Waals surface area (Å²) in [6.45, 7) is 2.02. The van der Waals surface area contributed by atoms with Gasteiger partial charge in [-0.05, 0) is 24.7 Å². The van der Waals surface area contributed by atoms with Gasteiger partial charge in [0.15, 0.2) is 0 Å². The minimum absolute atomic E-state index is 0.187. The first-order valence-corrected chi connectivity index (χ1v) is 5.96. The van der Waals surface area contributed by atoms with Crippen LogP contribution in [0.25, 0.3) is 0 Å². The van der Waals surface area contributed by atoms with Crippen molar-refractivity contribution in [3.05, 3.63) is 0 Å². The molecule has 0 amide bonds. The van der Waals surface area contributed by atoms with Crippen LogP contribution >= 0.6 is 22.6 Å². The molecular weight excluding hydrogens is 267 g/mol. The van der Waals surface area contributed by atoms with E-state index < -0.39 is 0 Å². The van der Waals surface area contributed by atoms with Gasteiger partial charge in [-0.2, -0.15) is 0 Å². The molecule has 1 aliphatic heterocycles. The second kappa shape index (κ2) is 5.40. The fourth-order valence-electron chi connectivity index (χ4n) is 1.66. The lowest BCUT2D eigenvalue weighted by atomic mass is 9.91. The van der Waals surface area contributed by atoms with Gasteiger partial charge in [-0.3, -0.25) is 0 Å². The molecular formula is C9H17IO2. The Balaban J connectivity index is 2.48. The molecule has 12 heavy (non-hydrogen) atoms. The van der Waals surface area contributed by atoms with Crippen molar-refractivity contribution in [1.82, 2.24) is 0 Å². The summed E-state index contributed by atoms with van der Waals surface area (Å²) in [7, 11) is 0. The van der Waals surface area contributed by atoms with Gasteiger partial charge in [0, 0.05) is 17.6 Å². The molecule has 1 N–H and O–H groups in total. The third-order valence-electron chi connectivity index (χ3n) is 2.44. The molecule has 1 heterocycles. The Morgan fingerprint density at radius 2 is 2.58 bits per heavy atom. The van der Waals surface area contributed by atoms with Crippen LogP contribution in [0.3, 0.4) is 0 Å². The number of aliphatic hydroxyl groups excluding tert-OH is 1. The van der Waals surface area contributed by atoms with Gasteiger partial charge in [-0.1, -0.05) is 29.5 Å². The van der Waals surface area contributed by atoms with E-state index in [1.54, 1.807) is 0 Å². The van der Waals surface area contributed by atoms with Crippen molar-refractivity contribution in [2.75, 3.05) is 17.6 Å². The molecule has 0 unspecified atom stereocenters. The van der Waals surface area contributed by atoms with Crippen LogP contribution in [0.5, 0.6) is 0 Å². The SMILES string of the molecule is [3H][C@@H]1C[C@H](C)[C@@H]([C@H](CI)CCO)O1. The fraction of sp³-hybridized carbons (Fsp3) is 1.00. The normalized spacial score (nSPS) is 39.6. The third-order valence-corrected chi connectivity index (χ3v) is 3.58. The Morgan fingerprint density at radius 1 is 1.83 bits per heavy atom. The highest BCUT2D eigenvalue weighted by molar-refractivity contribution is 14.1. The highest BCUT2D eigenvalue weighted by atomic mass is 127. The smallest absolute Gasteiger partial charge is 0.0637 e. The van der Waals surface area contributed by atoms with E-state index in [-0.39, 0.29) is 19.3 Å². The first-order chi connectivity index (χ1) is 6.19. The van der Waals surface area contributed by atoms with Gasteiger partial charge in [0.2, 0.25) is 0 Å². The molecule has 1 aliphatic rings. The average Bonchev–Trinajstić information content (AvgIpc) is 2.41. The van der Waals surface area contributed by atoms with Gasteiger partial charge in [0.05, 0.1) is 7.47 Å². The van der Waals surface area contributed by atoms with Crippen molar-refractivity contribution in [2.24, 2.45) is 11.8 Å². The van der Waals surface area contributed by atoms with Crippen LogP contribution in [0.1, 0.15) is 21.1 Å². The first-order valence-electron chi connectivity index (χ1n) is 5.01. The van der Waals surface area contributed by atoms with Crippen LogP contribution in [0.15, 0.2) is 0 Å². The van der Waals surface area contributed by atoms with E-state index >= 15 is 0 Å². The number of hydrogen-bond donors (Lipinski definition) is 1. The molecule has 0 bridgehead atoms. The van der Waals surface area contributed by atoms with Crippen LogP contribution in [0, 0.1) is 11.8 Å². The van der Waals surface area contributed by atoms with E-state index in [2.05, 4.69) is 29.5 Å². The first kappa shape index (κ1) is 9.21. The molecule has 3 heteroatoms. The Hall–Kier alpha value is 0.650. The van der Waals surface area contributed by atoms with Crippen molar-refractivity contribution >= 4 is 22.6 Å². The summed E-state index contributed by atoms with van der Waals surface area (Å²) in [6.07, 6.45) is 1.82. The van der Waals surface area contributed by atoms with Crippen LogP contribution in [0.2, 0.25) is 0 Å². The molecule has 4 atom stereocenters. The molecule has 0 aromatic rings. The second-order valence-corrected chi connectivity index (χ2v) is 4.29. The fourth-order valence-corrected chi connectivity index (χ4v) is 2.60. The zero-order chi connectivity index (χ0) is 9.84. The standard InChI is InChI=1S/C9H17IO2/c1-7-3-5-12-9(7)8(6-10)2-4-11/h7-9,11H,2-6H2,1H3/t7-,8-,9-/m0/s1/i5T/t5-,7+,8+,9+/m1. The maximum absolute atomic E-state index is 8.87. The number of hydrogen-bond acceptors (Lipinski definition) is 2. The Labute approximate surface area is 89.2 Å². The van der Waals surface area contributed by atoms with E-state index in [1.807, 2.05) is 0 Å². The summed E-state index contributed by atoms with van der Waals surface area (Å²) in [4.78, 5) is 0. The quantitative estimate of drug-likeness (QED) is 0.631. The molecule has 0 radical (unpaired) electrons. The van der Waals surface area contributed by atoms with E-state index in [1.165, 1.54) is 0 Å². The summed E-state index contributed by atoms with van der Waals surface area (Å²) in [6, 6.07) is 0. The number of ether oxygens (including phenoxy) is 1. The van der Waals surface area contributed by atoms with Gasteiger partial charge in [-0.25, -0.2) is 0 Å². The molecule has 2 nitrogen and oxygen atoms in total. The van der Waals surface area contributed by atoms with E-state index in [0.29, 0.717) is 11.8 Å². The third kappa shape index (κ3) is 2.57. The summed E-state index contributed by atoms with van der Waals surface area (Å²) in [5.74, 6) is 0.879. The molecule has 0 aliphatic carbocycles. The lowest BCUT2D eigenvalue weighted by molar-refractivity contribution is 0.0445. The maximum Gasteiger partial charge on any atom is 0.0637 e.